The largest absolute Gasteiger partial charge is 0.512 e. The van der Waals surface area contributed by atoms with E-state index in [0.29, 0.717) is 11.5 Å². The molecule has 0 atom stereocenters. The topological polar surface area (TPSA) is 55.8 Å². The quantitative estimate of drug-likeness (QED) is 0.491. The minimum atomic E-state index is -0.295. The summed E-state index contributed by atoms with van der Waals surface area (Å²) in [6.07, 6.45) is 9.24. The van der Waals surface area contributed by atoms with Crippen LogP contribution >= 0.6 is 0 Å². The Balaban J connectivity index is 2.88. The Morgan fingerprint density at radius 2 is 2.20 bits per heavy atom. The average molecular weight is 272 g/mol. The molecule has 0 amide bonds. The van der Waals surface area contributed by atoms with Crippen LogP contribution in [0.3, 0.4) is 0 Å². The highest BCUT2D eigenvalue weighted by Gasteiger charge is 2.04. The zero-order valence-corrected chi connectivity index (χ0v) is 11.4. The first kappa shape index (κ1) is 15.4. The minimum absolute atomic E-state index is 0.0322. The van der Waals surface area contributed by atoms with Gasteiger partial charge in [0.25, 0.3) is 0 Å². The first-order chi connectivity index (χ1) is 9.56. The van der Waals surface area contributed by atoms with Gasteiger partial charge in [-0.25, -0.2) is 0 Å². The van der Waals surface area contributed by atoms with Gasteiger partial charge in [0.15, 0.2) is 17.3 Å². The SMILES string of the molecule is C#CCOc1ccc(/C=C/C(=O)/C=C(/C)O)cc1OC. The third kappa shape index (κ3) is 4.91. The molecule has 1 N–H and O–H groups in total. The van der Waals surface area contributed by atoms with Crippen LogP contribution in [0.1, 0.15) is 12.5 Å². The van der Waals surface area contributed by atoms with Crippen LogP contribution in [0.5, 0.6) is 11.5 Å². The fraction of sp³-hybridized carbons (Fsp3) is 0.188. The zero-order chi connectivity index (χ0) is 15.0. The Kier molecular flexibility index (Phi) is 5.92. The van der Waals surface area contributed by atoms with Gasteiger partial charge in [-0.2, -0.15) is 0 Å². The standard InChI is InChI=1S/C16H16O4/c1-4-9-20-15-8-6-13(11-16(15)19-3)5-7-14(18)10-12(2)17/h1,5-8,10-11,17H,9H2,2-3H3/b7-5+,12-10-. The maximum absolute atomic E-state index is 11.4. The fourth-order valence-corrected chi connectivity index (χ4v) is 1.46. The molecule has 104 valence electrons. The van der Waals surface area contributed by atoms with Crippen molar-refractivity contribution in [1.82, 2.24) is 0 Å². The van der Waals surface area contributed by atoms with E-state index in [4.69, 9.17) is 21.0 Å². The first-order valence-electron chi connectivity index (χ1n) is 5.90. The molecule has 1 aromatic carbocycles. The summed E-state index contributed by atoms with van der Waals surface area (Å²) in [5, 5.41) is 8.97. The Morgan fingerprint density at radius 3 is 2.80 bits per heavy atom. The predicted octanol–water partition coefficient (Wildman–Crippen LogP) is 2.75. The van der Waals surface area contributed by atoms with Gasteiger partial charge < -0.3 is 14.6 Å². The van der Waals surface area contributed by atoms with Crippen LogP contribution in [-0.4, -0.2) is 24.6 Å². The van der Waals surface area contributed by atoms with Crippen molar-refractivity contribution >= 4 is 11.9 Å². The van der Waals surface area contributed by atoms with Crippen LogP contribution in [0.15, 0.2) is 36.1 Å². The van der Waals surface area contributed by atoms with Crippen molar-refractivity contribution in [3.8, 4) is 23.8 Å². The van der Waals surface area contributed by atoms with Crippen LogP contribution in [0.25, 0.3) is 6.08 Å². The van der Waals surface area contributed by atoms with Crippen molar-refractivity contribution in [2.45, 2.75) is 6.92 Å². The van der Waals surface area contributed by atoms with Gasteiger partial charge >= 0.3 is 0 Å². The number of benzene rings is 1. The number of aliphatic hydroxyl groups excluding tert-OH is 1. The second-order valence-corrected chi connectivity index (χ2v) is 3.92. The summed E-state index contributed by atoms with van der Waals surface area (Å²) < 4.78 is 10.5. The van der Waals surface area contributed by atoms with E-state index in [2.05, 4.69) is 5.92 Å². The van der Waals surface area contributed by atoms with Crippen LogP contribution in [0.2, 0.25) is 0 Å². The maximum Gasteiger partial charge on any atom is 0.181 e. The monoisotopic (exact) mass is 272 g/mol. The van der Waals surface area contributed by atoms with Crippen LogP contribution in [0, 0.1) is 12.3 Å². The van der Waals surface area contributed by atoms with Gasteiger partial charge in [-0.3, -0.25) is 4.79 Å². The second kappa shape index (κ2) is 7.70. The van der Waals surface area contributed by atoms with Crippen molar-refractivity contribution in [3.63, 3.8) is 0 Å². The average Bonchev–Trinajstić information content (AvgIpc) is 2.42. The minimum Gasteiger partial charge on any atom is -0.512 e. The van der Waals surface area contributed by atoms with Crippen molar-refractivity contribution in [1.29, 1.82) is 0 Å². The molecule has 1 rings (SSSR count). The molecule has 0 heterocycles. The summed E-state index contributed by atoms with van der Waals surface area (Å²) in [5.41, 5.74) is 0.771. The molecular weight excluding hydrogens is 256 g/mol. The van der Waals surface area contributed by atoms with E-state index in [0.717, 1.165) is 11.6 Å². The number of hydrogen-bond acceptors (Lipinski definition) is 4. The molecule has 0 fully saturated rings. The summed E-state index contributed by atoms with van der Waals surface area (Å²) in [6.45, 7) is 1.59. The molecule has 20 heavy (non-hydrogen) atoms. The molecule has 0 aromatic heterocycles. The van der Waals surface area contributed by atoms with Crippen LogP contribution in [0.4, 0.5) is 0 Å². The molecule has 0 saturated carbocycles. The lowest BCUT2D eigenvalue weighted by Gasteiger charge is -2.09. The number of carbonyl (C=O) groups excluding carboxylic acids is 1. The molecule has 4 nitrogen and oxygen atoms in total. The van der Waals surface area contributed by atoms with E-state index in [-0.39, 0.29) is 18.1 Å². The fourth-order valence-electron chi connectivity index (χ4n) is 1.46. The zero-order valence-electron chi connectivity index (χ0n) is 11.4. The van der Waals surface area contributed by atoms with Crippen molar-refractivity contribution < 1.29 is 19.4 Å². The molecular formula is C16H16O4. The Morgan fingerprint density at radius 1 is 1.45 bits per heavy atom. The molecule has 0 radical (unpaired) electrons. The number of methoxy groups -OCH3 is 1. The van der Waals surface area contributed by atoms with Gasteiger partial charge in [-0.15, -0.1) is 6.42 Å². The van der Waals surface area contributed by atoms with E-state index in [1.165, 1.54) is 20.1 Å². The van der Waals surface area contributed by atoms with Crippen LogP contribution in [-0.2, 0) is 4.79 Å². The number of ether oxygens (including phenoxy) is 2. The van der Waals surface area contributed by atoms with E-state index < -0.39 is 0 Å². The highest BCUT2D eigenvalue weighted by atomic mass is 16.5. The molecule has 0 bridgehead atoms. The van der Waals surface area contributed by atoms with E-state index in [1.807, 2.05) is 0 Å². The van der Waals surface area contributed by atoms with E-state index >= 15 is 0 Å². The summed E-state index contributed by atoms with van der Waals surface area (Å²) in [7, 11) is 1.52. The second-order valence-electron chi connectivity index (χ2n) is 3.92. The maximum atomic E-state index is 11.4. The lowest BCUT2D eigenvalue weighted by Crippen LogP contribution is -1.96. The van der Waals surface area contributed by atoms with Crippen LogP contribution < -0.4 is 9.47 Å². The van der Waals surface area contributed by atoms with Crippen molar-refractivity contribution in [2.75, 3.05) is 13.7 Å². The molecule has 0 unspecified atom stereocenters. The predicted molar refractivity (Wildman–Crippen MR) is 77.7 cm³/mol. The number of aliphatic hydroxyl groups is 1. The lowest BCUT2D eigenvalue weighted by atomic mass is 10.1. The Hall–Kier alpha value is -2.67. The Labute approximate surface area is 118 Å². The number of ketones is 1. The van der Waals surface area contributed by atoms with Gasteiger partial charge in [0.1, 0.15) is 6.61 Å². The molecule has 0 aliphatic carbocycles. The van der Waals surface area contributed by atoms with Gasteiger partial charge in [-0.1, -0.05) is 18.1 Å². The highest BCUT2D eigenvalue weighted by molar-refractivity contribution is 6.02. The van der Waals surface area contributed by atoms with Gasteiger partial charge in [-0.05, 0) is 30.7 Å². The summed E-state index contributed by atoms with van der Waals surface area (Å²) in [4.78, 5) is 11.4. The number of rotatable bonds is 6. The first-order valence-corrected chi connectivity index (χ1v) is 5.90. The van der Waals surface area contributed by atoms with E-state index in [9.17, 15) is 4.79 Å². The molecule has 4 heteroatoms. The smallest absolute Gasteiger partial charge is 0.181 e. The lowest BCUT2D eigenvalue weighted by molar-refractivity contribution is -0.110. The summed E-state index contributed by atoms with van der Waals surface area (Å²) in [6, 6.07) is 5.21. The van der Waals surface area contributed by atoms with Gasteiger partial charge in [0.05, 0.1) is 12.9 Å². The molecule has 0 saturated heterocycles. The number of allylic oxidation sites excluding steroid dienone is 3. The number of carbonyl (C=O) groups is 1. The Bertz CT molecular complexity index is 573. The van der Waals surface area contributed by atoms with E-state index in [1.54, 1.807) is 24.3 Å². The number of terminal acetylenes is 1. The number of hydrogen-bond donors (Lipinski definition) is 1. The molecule has 0 spiro atoms. The third-order valence-corrected chi connectivity index (χ3v) is 2.29. The normalized spacial score (nSPS) is 11.2. The highest BCUT2D eigenvalue weighted by Crippen LogP contribution is 2.28. The van der Waals surface area contributed by atoms with Crippen molar-refractivity contribution in [2.24, 2.45) is 0 Å². The van der Waals surface area contributed by atoms with Crippen molar-refractivity contribution in [3.05, 3.63) is 41.7 Å². The molecule has 0 aliphatic heterocycles. The molecule has 1 aromatic rings. The van der Waals surface area contributed by atoms with Gasteiger partial charge in [0.2, 0.25) is 0 Å². The summed E-state index contributed by atoms with van der Waals surface area (Å²) in [5.74, 6) is 3.12. The third-order valence-electron chi connectivity index (χ3n) is 2.29. The summed E-state index contributed by atoms with van der Waals surface area (Å²) >= 11 is 0. The van der Waals surface area contributed by atoms with Gasteiger partial charge in [0, 0.05) is 6.08 Å². The molecule has 0 aliphatic rings.